The van der Waals surface area contributed by atoms with Crippen molar-refractivity contribution in [2.45, 2.75) is 33.7 Å². The maximum absolute atomic E-state index is 14.8. The van der Waals surface area contributed by atoms with E-state index in [2.05, 4.69) is 33.9 Å². The van der Waals surface area contributed by atoms with E-state index in [4.69, 9.17) is 14.2 Å². The number of piperazine rings is 1. The first-order valence-electron chi connectivity index (χ1n) is 13.1. The monoisotopic (exact) mass is 524 g/mol. The molecule has 1 saturated heterocycles. The maximum atomic E-state index is 14.8. The van der Waals surface area contributed by atoms with Crippen LogP contribution in [-0.2, 0) is 9.47 Å². The number of ether oxygens (including phenoxy) is 3. The number of nitrogens with one attached hydrogen (secondary N) is 1. The summed E-state index contributed by atoms with van der Waals surface area (Å²) in [7, 11) is 1.64. The van der Waals surface area contributed by atoms with E-state index >= 15 is 0 Å². The second-order valence-corrected chi connectivity index (χ2v) is 9.67. The molecule has 0 aliphatic carbocycles. The van der Waals surface area contributed by atoms with E-state index in [-0.39, 0.29) is 17.9 Å². The molecule has 0 amide bonds. The topological polar surface area (TPSA) is 76.2 Å². The molecular formula is C29H37FN4O4. The van der Waals surface area contributed by atoms with Crippen LogP contribution in [0.4, 0.5) is 21.5 Å². The van der Waals surface area contributed by atoms with Gasteiger partial charge in [-0.3, -0.25) is 9.88 Å². The van der Waals surface area contributed by atoms with Gasteiger partial charge >= 0.3 is 5.97 Å². The molecule has 204 valence electrons. The highest BCUT2D eigenvalue weighted by Gasteiger charge is 2.25. The van der Waals surface area contributed by atoms with Crippen molar-refractivity contribution in [3.8, 4) is 5.75 Å². The van der Waals surface area contributed by atoms with Crippen LogP contribution in [0.2, 0.25) is 0 Å². The molecule has 1 N–H and O–H groups in total. The number of hydrogen-bond donors (Lipinski definition) is 1. The smallest absolute Gasteiger partial charge is 0.341 e. The molecule has 1 aromatic heterocycles. The Morgan fingerprint density at radius 1 is 1.13 bits per heavy atom. The lowest BCUT2D eigenvalue weighted by Crippen LogP contribution is -2.49. The van der Waals surface area contributed by atoms with Gasteiger partial charge in [-0.15, -0.1) is 0 Å². The van der Waals surface area contributed by atoms with Crippen molar-refractivity contribution < 1.29 is 23.4 Å². The third kappa shape index (κ3) is 6.16. The Balaban J connectivity index is 1.85. The predicted molar refractivity (Wildman–Crippen MR) is 148 cm³/mol. The molecule has 0 bridgehead atoms. The van der Waals surface area contributed by atoms with Crippen LogP contribution in [0.1, 0.15) is 36.7 Å². The van der Waals surface area contributed by atoms with Gasteiger partial charge in [0, 0.05) is 57.0 Å². The lowest BCUT2D eigenvalue weighted by Gasteiger charge is -2.38. The number of pyridine rings is 1. The zero-order valence-corrected chi connectivity index (χ0v) is 22.8. The Morgan fingerprint density at radius 2 is 1.89 bits per heavy atom. The molecule has 0 radical (unpaired) electrons. The van der Waals surface area contributed by atoms with Crippen LogP contribution >= 0.6 is 0 Å². The minimum atomic E-state index is -0.523. The van der Waals surface area contributed by atoms with Crippen molar-refractivity contribution in [1.29, 1.82) is 0 Å². The summed E-state index contributed by atoms with van der Waals surface area (Å²) in [5.74, 6) is -0.249. The number of fused-ring (bicyclic) bond motifs is 1. The maximum Gasteiger partial charge on any atom is 0.341 e. The summed E-state index contributed by atoms with van der Waals surface area (Å²) in [6.07, 6.45) is 1.47. The molecular weight excluding hydrogens is 487 g/mol. The predicted octanol–water partition coefficient (Wildman–Crippen LogP) is 5.16. The molecule has 2 aromatic carbocycles. The van der Waals surface area contributed by atoms with E-state index in [1.165, 1.54) is 12.3 Å². The molecule has 38 heavy (non-hydrogen) atoms. The average Bonchev–Trinajstić information content (AvgIpc) is 2.90. The van der Waals surface area contributed by atoms with Gasteiger partial charge in [0.15, 0.2) is 0 Å². The van der Waals surface area contributed by atoms with Gasteiger partial charge in [-0.2, -0.15) is 0 Å². The molecule has 0 saturated carbocycles. The van der Waals surface area contributed by atoms with E-state index in [1.54, 1.807) is 26.2 Å². The number of benzene rings is 2. The SMILES string of the molecule is CCOC(=O)c1cnc2cc(OCCOC)c(N3CCN(C(C)C)CC3)cc2c1Nc1cc(C)ccc1F. The first-order chi connectivity index (χ1) is 18.3. The molecule has 9 heteroatoms. The van der Waals surface area contributed by atoms with E-state index in [9.17, 15) is 9.18 Å². The van der Waals surface area contributed by atoms with Gasteiger partial charge in [-0.05, 0) is 51.5 Å². The van der Waals surface area contributed by atoms with Gasteiger partial charge in [0.25, 0.3) is 0 Å². The molecule has 3 aromatic rings. The van der Waals surface area contributed by atoms with Gasteiger partial charge in [0.1, 0.15) is 23.7 Å². The zero-order chi connectivity index (χ0) is 27.2. The number of rotatable bonds is 10. The molecule has 1 aliphatic rings. The van der Waals surface area contributed by atoms with Crippen LogP contribution in [0.25, 0.3) is 10.9 Å². The molecule has 0 atom stereocenters. The highest BCUT2D eigenvalue weighted by Crippen LogP contribution is 2.39. The van der Waals surface area contributed by atoms with Gasteiger partial charge in [0.2, 0.25) is 0 Å². The fraction of sp³-hybridized carbons (Fsp3) is 0.448. The molecule has 1 aliphatic heterocycles. The number of aryl methyl sites for hydroxylation is 1. The van der Waals surface area contributed by atoms with E-state index in [1.807, 2.05) is 19.1 Å². The zero-order valence-electron chi connectivity index (χ0n) is 22.8. The van der Waals surface area contributed by atoms with Crippen molar-refractivity contribution in [3.63, 3.8) is 0 Å². The second-order valence-electron chi connectivity index (χ2n) is 9.67. The first kappa shape index (κ1) is 27.6. The lowest BCUT2D eigenvalue weighted by atomic mass is 10.1. The molecule has 0 spiro atoms. The Morgan fingerprint density at radius 3 is 2.58 bits per heavy atom. The summed E-state index contributed by atoms with van der Waals surface area (Å²) in [5.41, 5.74) is 3.36. The number of nitrogens with zero attached hydrogens (tertiary/aromatic N) is 3. The van der Waals surface area contributed by atoms with Crippen LogP contribution in [0.15, 0.2) is 36.5 Å². The van der Waals surface area contributed by atoms with E-state index < -0.39 is 11.8 Å². The molecule has 1 fully saturated rings. The number of esters is 1. The number of methoxy groups -OCH3 is 1. The Bertz CT molecular complexity index is 1280. The number of hydrogen-bond acceptors (Lipinski definition) is 8. The van der Waals surface area contributed by atoms with E-state index in [0.29, 0.717) is 41.6 Å². The highest BCUT2D eigenvalue weighted by atomic mass is 19.1. The molecule has 2 heterocycles. The number of aromatic nitrogens is 1. The van der Waals surface area contributed by atoms with Crippen molar-refractivity contribution >= 4 is 33.9 Å². The Hall–Kier alpha value is -3.43. The van der Waals surface area contributed by atoms with Crippen LogP contribution in [0, 0.1) is 12.7 Å². The van der Waals surface area contributed by atoms with Crippen molar-refractivity contribution in [2.24, 2.45) is 0 Å². The Labute approximate surface area is 223 Å². The van der Waals surface area contributed by atoms with Gasteiger partial charge in [-0.1, -0.05) is 6.07 Å². The van der Waals surface area contributed by atoms with Gasteiger partial charge in [0.05, 0.1) is 35.8 Å². The first-order valence-corrected chi connectivity index (χ1v) is 13.1. The summed E-state index contributed by atoms with van der Waals surface area (Å²) in [4.78, 5) is 22.2. The lowest BCUT2D eigenvalue weighted by molar-refractivity contribution is 0.0527. The summed E-state index contributed by atoms with van der Waals surface area (Å²) < 4.78 is 31.4. The summed E-state index contributed by atoms with van der Waals surface area (Å²) in [6, 6.07) is 9.16. The van der Waals surface area contributed by atoms with E-state index in [0.717, 1.165) is 37.4 Å². The van der Waals surface area contributed by atoms with Crippen molar-refractivity contribution in [3.05, 3.63) is 53.5 Å². The number of carbonyl (C=O) groups excluding carboxylic acids is 1. The fourth-order valence-electron chi connectivity index (χ4n) is 4.65. The average molecular weight is 525 g/mol. The molecule has 0 unspecified atom stereocenters. The van der Waals surface area contributed by atoms with Crippen LogP contribution in [0.3, 0.4) is 0 Å². The minimum Gasteiger partial charge on any atom is -0.489 e. The summed E-state index contributed by atoms with van der Waals surface area (Å²) in [5, 5.41) is 3.86. The van der Waals surface area contributed by atoms with Crippen LogP contribution < -0.4 is 15.0 Å². The number of anilines is 3. The quantitative estimate of drug-likeness (QED) is 0.288. The summed E-state index contributed by atoms with van der Waals surface area (Å²) in [6.45, 7) is 12.6. The number of carbonyl (C=O) groups is 1. The highest BCUT2D eigenvalue weighted by molar-refractivity contribution is 6.07. The van der Waals surface area contributed by atoms with Crippen molar-refractivity contribution in [1.82, 2.24) is 9.88 Å². The van der Waals surface area contributed by atoms with Crippen LogP contribution in [-0.4, -0.2) is 75.0 Å². The second kappa shape index (κ2) is 12.4. The third-order valence-corrected chi connectivity index (χ3v) is 6.76. The third-order valence-electron chi connectivity index (χ3n) is 6.76. The van der Waals surface area contributed by atoms with Gasteiger partial charge < -0.3 is 24.4 Å². The van der Waals surface area contributed by atoms with Crippen LogP contribution in [0.5, 0.6) is 5.75 Å². The summed E-state index contributed by atoms with van der Waals surface area (Å²) >= 11 is 0. The Kier molecular flexibility index (Phi) is 9.01. The minimum absolute atomic E-state index is 0.215. The number of halogens is 1. The van der Waals surface area contributed by atoms with Crippen molar-refractivity contribution in [2.75, 3.05) is 63.3 Å². The molecule has 4 rings (SSSR count). The largest absolute Gasteiger partial charge is 0.489 e. The normalized spacial score (nSPS) is 14.2. The van der Waals surface area contributed by atoms with Gasteiger partial charge in [-0.25, -0.2) is 9.18 Å². The standard InChI is InChI=1S/C29H37FN4O4/c1-6-37-29(35)22-18-31-24-17-27(38-14-13-36-5)26(34-11-9-33(10-12-34)19(2)3)16-21(24)28(22)32-25-15-20(4)7-8-23(25)30/h7-8,15-19H,6,9-14H2,1-5H3,(H,31,32). The molecule has 8 nitrogen and oxygen atoms in total. The fourth-order valence-corrected chi connectivity index (χ4v) is 4.65.